The van der Waals surface area contributed by atoms with Crippen LogP contribution in [-0.2, 0) is 9.84 Å². The molecule has 23 heavy (non-hydrogen) atoms. The number of benzene rings is 1. The number of ether oxygens (including phenoxy) is 1. The van der Waals surface area contributed by atoms with E-state index in [0.29, 0.717) is 5.75 Å². The van der Waals surface area contributed by atoms with Crippen LogP contribution in [0.5, 0.6) is 5.75 Å². The van der Waals surface area contributed by atoms with Crippen LogP contribution >= 0.6 is 11.6 Å². The summed E-state index contributed by atoms with van der Waals surface area (Å²) in [6.07, 6.45) is 2.59. The topological polar surface area (TPSA) is 92.9 Å². The molecule has 2 rings (SSSR count). The van der Waals surface area contributed by atoms with Crippen LogP contribution in [0, 0.1) is 11.3 Å². The number of nitriles is 1. The summed E-state index contributed by atoms with van der Waals surface area (Å²) in [6.45, 7) is 3.73. The highest BCUT2D eigenvalue weighted by Crippen LogP contribution is 2.31. The van der Waals surface area contributed by atoms with Crippen molar-refractivity contribution in [3.63, 3.8) is 0 Å². The number of sulfone groups is 1. The molecule has 1 aromatic carbocycles. The van der Waals surface area contributed by atoms with Gasteiger partial charge in [-0.1, -0.05) is 11.6 Å². The third kappa shape index (κ3) is 3.78. The fraction of sp³-hybridized carbons (Fsp3) is 0.267. The maximum Gasteiger partial charge on any atom is 0.200 e. The van der Waals surface area contributed by atoms with Crippen molar-refractivity contribution >= 4 is 21.4 Å². The molecule has 0 spiro atoms. The van der Waals surface area contributed by atoms with Gasteiger partial charge in [0.15, 0.2) is 10.4 Å². The molecule has 0 fully saturated rings. The molecule has 0 bridgehead atoms. The van der Waals surface area contributed by atoms with Gasteiger partial charge >= 0.3 is 0 Å². The zero-order chi connectivity index (χ0) is 17.0. The Morgan fingerprint density at radius 1 is 1.17 bits per heavy atom. The van der Waals surface area contributed by atoms with E-state index in [1.807, 2.05) is 13.8 Å². The molecule has 8 heteroatoms. The van der Waals surface area contributed by atoms with Crippen molar-refractivity contribution < 1.29 is 13.2 Å². The quantitative estimate of drug-likeness (QED) is 0.822. The van der Waals surface area contributed by atoms with Gasteiger partial charge in [-0.25, -0.2) is 13.4 Å². The number of hydrogen-bond donors (Lipinski definition) is 0. The highest BCUT2D eigenvalue weighted by molar-refractivity contribution is 7.92. The summed E-state index contributed by atoms with van der Waals surface area (Å²) in [7, 11) is -3.98. The second-order valence-electron chi connectivity index (χ2n) is 4.92. The van der Waals surface area contributed by atoms with Crippen molar-refractivity contribution in [3.05, 3.63) is 47.5 Å². The molecule has 0 N–H and O–H groups in total. The van der Waals surface area contributed by atoms with E-state index in [1.54, 1.807) is 18.2 Å². The lowest BCUT2D eigenvalue weighted by atomic mass is 10.3. The molecule has 1 heterocycles. The fourth-order valence-corrected chi connectivity index (χ4v) is 3.57. The standard InChI is InChI=1S/C15H14ClN3O3S/c1-10(2)22-11-3-5-12(6-4-11)23(20,21)13(9-17)14-15(16)19-8-7-18-14/h3-8,10,13H,1-2H3/t13-/m0/s1. The zero-order valence-corrected chi connectivity index (χ0v) is 14.0. The van der Waals surface area contributed by atoms with Gasteiger partial charge in [-0.3, -0.25) is 4.98 Å². The largest absolute Gasteiger partial charge is 0.491 e. The lowest BCUT2D eigenvalue weighted by Crippen LogP contribution is -2.14. The molecule has 120 valence electrons. The van der Waals surface area contributed by atoms with E-state index in [-0.39, 0.29) is 21.8 Å². The van der Waals surface area contributed by atoms with Gasteiger partial charge in [-0.2, -0.15) is 5.26 Å². The van der Waals surface area contributed by atoms with E-state index in [2.05, 4.69) is 9.97 Å². The predicted octanol–water partition coefficient (Wildman–Crippen LogP) is 2.96. The van der Waals surface area contributed by atoms with Crippen molar-refractivity contribution in [3.8, 4) is 11.8 Å². The van der Waals surface area contributed by atoms with E-state index in [9.17, 15) is 13.7 Å². The summed E-state index contributed by atoms with van der Waals surface area (Å²) in [5.74, 6) is 0.546. The van der Waals surface area contributed by atoms with E-state index in [1.165, 1.54) is 24.5 Å². The Morgan fingerprint density at radius 3 is 2.30 bits per heavy atom. The third-order valence-electron chi connectivity index (χ3n) is 2.88. The van der Waals surface area contributed by atoms with Crippen molar-refractivity contribution in [1.29, 1.82) is 5.26 Å². The number of nitrogens with zero attached hydrogens (tertiary/aromatic N) is 3. The summed E-state index contributed by atoms with van der Waals surface area (Å²) < 4.78 is 30.8. The van der Waals surface area contributed by atoms with Gasteiger partial charge in [0.1, 0.15) is 11.4 Å². The molecule has 1 atom stereocenters. The first-order valence-electron chi connectivity index (χ1n) is 6.73. The summed E-state index contributed by atoms with van der Waals surface area (Å²) in [5.41, 5.74) is -0.0841. The highest BCUT2D eigenvalue weighted by Gasteiger charge is 2.32. The molecule has 0 aliphatic rings. The molecule has 0 aliphatic heterocycles. The molecule has 0 amide bonds. The third-order valence-corrected chi connectivity index (χ3v) is 5.05. The SMILES string of the molecule is CC(C)Oc1ccc(S(=O)(=O)[C@@H](C#N)c2nccnc2Cl)cc1. The van der Waals surface area contributed by atoms with Crippen LogP contribution in [0.2, 0.25) is 5.15 Å². The molecule has 1 aromatic heterocycles. The lowest BCUT2D eigenvalue weighted by Gasteiger charge is -2.13. The van der Waals surface area contributed by atoms with Crippen LogP contribution in [0.3, 0.4) is 0 Å². The Morgan fingerprint density at radius 2 is 1.78 bits per heavy atom. The van der Waals surface area contributed by atoms with Gasteiger partial charge in [0.2, 0.25) is 9.84 Å². The van der Waals surface area contributed by atoms with Gasteiger partial charge in [0, 0.05) is 12.4 Å². The van der Waals surface area contributed by atoms with Crippen LogP contribution in [0.15, 0.2) is 41.6 Å². The van der Waals surface area contributed by atoms with Gasteiger partial charge in [0.05, 0.1) is 17.1 Å². The number of rotatable bonds is 5. The molecular formula is C15H14ClN3O3S. The minimum absolute atomic E-state index is 0.0122. The molecule has 0 saturated heterocycles. The van der Waals surface area contributed by atoms with E-state index in [4.69, 9.17) is 16.3 Å². The monoisotopic (exact) mass is 351 g/mol. The van der Waals surface area contributed by atoms with Crippen molar-refractivity contribution in [2.45, 2.75) is 30.1 Å². The maximum absolute atomic E-state index is 12.7. The van der Waals surface area contributed by atoms with Crippen LogP contribution in [0.1, 0.15) is 24.8 Å². The Bertz CT molecular complexity index is 830. The Labute approximate surface area is 139 Å². The highest BCUT2D eigenvalue weighted by atomic mass is 35.5. The first kappa shape index (κ1) is 17.2. The first-order chi connectivity index (χ1) is 10.9. The van der Waals surface area contributed by atoms with Gasteiger partial charge in [-0.05, 0) is 38.1 Å². The van der Waals surface area contributed by atoms with Crippen molar-refractivity contribution in [1.82, 2.24) is 9.97 Å². The van der Waals surface area contributed by atoms with E-state index in [0.717, 1.165) is 0 Å². The average molecular weight is 352 g/mol. The molecular weight excluding hydrogens is 338 g/mol. The van der Waals surface area contributed by atoms with Crippen LogP contribution in [-0.4, -0.2) is 24.5 Å². The summed E-state index contributed by atoms with van der Waals surface area (Å²) >= 11 is 5.86. The van der Waals surface area contributed by atoms with Crippen molar-refractivity contribution in [2.24, 2.45) is 0 Å². The molecule has 0 saturated carbocycles. The maximum atomic E-state index is 12.7. The van der Waals surface area contributed by atoms with Crippen LogP contribution < -0.4 is 4.74 Å². The Balaban J connectivity index is 2.40. The summed E-state index contributed by atoms with van der Waals surface area (Å²) in [5, 5.41) is 7.66. The molecule has 0 aliphatic carbocycles. The summed E-state index contributed by atoms with van der Waals surface area (Å²) in [6, 6.07) is 7.60. The van der Waals surface area contributed by atoms with E-state index < -0.39 is 15.1 Å². The van der Waals surface area contributed by atoms with Gasteiger partial charge in [-0.15, -0.1) is 0 Å². The van der Waals surface area contributed by atoms with Crippen LogP contribution in [0.4, 0.5) is 0 Å². The van der Waals surface area contributed by atoms with Gasteiger partial charge in [0.25, 0.3) is 0 Å². The second-order valence-corrected chi connectivity index (χ2v) is 7.32. The normalized spacial score (nSPS) is 12.7. The van der Waals surface area contributed by atoms with Gasteiger partial charge < -0.3 is 4.74 Å². The van der Waals surface area contributed by atoms with Crippen molar-refractivity contribution in [2.75, 3.05) is 0 Å². The zero-order valence-electron chi connectivity index (χ0n) is 12.5. The molecule has 0 unspecified atom stereocenters. The Kier molecular flexibility index (Phi) is 5.19. The van der Waals surface area contributed by atoms with Crippen LogP contribution in [0.25, 0.3) is 0 Å². The predicted molar refractivity (Wildman–Crippen MR) is 84.8 cm³/mol. The fourth-order valence-electron chi connectivity index (χ4n) is 1.90. The molecule has 0 radical (unpaired) electrons. The first-order valence-corrected chi connectivity index (χ1v) is 8.65. The smallest absolute Gasteiger partial charge is 0.200 e. The number of halogens is 1. The minimum Gasteiger partial charge on any atom is -0.491 e. The number of aromatic nitrogens is 2. The summed E-state index contributed by atoms with van der Waals surface area (Å²) in [4.78, 5) is 7.63. The number of hydrogen-bond acceptors (Lipinski definition) is 6. The lowest BCUT2D eigenvalue weighted by molar-refractivity contribution is 0.242. The van der Waals surface area contributed by atoms with E-state index >= 15 is 0 Å². The molecule has 2 aromatic rings. The molecule has 6 nitrogen and oxygen atoms in total. The average Bonchev–Trinajstić information content (AvgIpc) is 2.49. The Hall–Kier alpha value is -2.17. The minimum atomic E-state index is -3.98. The second kappa shape index (κ2) is 6.94.